The SMILES string of the molecule is CC1CN(C(=O)COc2ccc(Cl)cc2CNC(=O)c2cc(C(F)(F)F)ccc2C(F)(F)F)C(C)CN1Cc1ccc(F)cc1. The summed E-state index contributed by atoms with van der Waals surface area (Å²) in [6.07, 6.45) is -10.0. The Morgan fingerprint density at radius 2 is 1.60 bits per heavy atom. The zero-order chi connectivity index (χ0) is 33.1. The van der Waals surface area contributed by atoms with Gasteiger partial charge in [0.25, 0.3) is 11.8 Å². The molecule has 1 saturated heterocycles. The van der Waals surface area contributed by atoms with E-state index in [0.717, 1.165) is 5.56 Å². The van der Waals surface area contributed by atoms with Crippen LogP contribution in [0.4, 0.5) is 30.7 Å². The van der Waals surface area contributed by atoms with E-state index in [1.807, 2.05) is 13.8 Å². The van der Waals surface area contributed by atoms with Crippen molar-refractivity contribution >= 4 is 23.4 Å². The number of amides is 2. The lowest BCUT2D eigenvalue weighted by molar-refractivity contribution is -0.141. The van der Waals surface area contributed by atoms with Crippen molar-refractivity contribution in [2.75, 3.05) is 19.7 Å². The van der Waals surface area contributed by atoms with Gasteiger partial charge in [-0.1, -0.05) is 23.7 Å². The van der Waals surface area contributed by atoms with E-state index in [2.05, 4.69) is 10.2 Å². The maximum atomic E-state index is 13.5. The summed E-state index contributed by atoms with van der Waals surface area (Å²) in [4.78, 5) is 29.7. The molecule has 45 heavy (non-hydrogen) atoms. The molecule has 0 bridgehead atoms. The van der Waals surface area contributed by atoms with Crippen LogP contribution in [0.3, 0.4) is 0 Å². The van der Waals surface area contributed by atoms with Gasteiger partial charge in [0.15, 0.2) is 6.61 Å². The lowest BCUT2D eigenvalue weighted by Crippen LogP contribution is -2.58. The van der Waals surface area contributed by atoms with Crippen LogP contribution in [0.2, 0.25) is 5.02 Å². The van der Waals surface area contributed by atoms with Crippen molar-refractivity contribution in [2.24, 2.45) is 0 Å². The van der Waals surface area contributed by atoms with Crippen LogP contribution >= 0.6 is 11.6 Å². The molecule has 4 rings (SSSR count). The Kier molecular flexibility index (Phi) is 10.3. The number of piperazine rings is 1. The van der Waals surface area contributed by atoms with Crippen molar-refractivity contribution in [3.8, 4) is 5.75 Å². The number of hydrogen-bond donors (Lipinski definition) is 1. The van der Waals surface area contributed by atoms with Crippen molar-refractivity contribution in [1.82, 2.24) is 15.1 Å². The summed E-state index contributed by atoms with van der Waals surface area (Å²) in [6, 6.07) is 10.8. The molecule has 3 aromatic carbocycles. The number of benzene rings is 3. The van der Waals surface area contributed by atoms with E-state index in [0.29, 0.717) is 19.6 Å². The van der Waals surface area contributed by atoms with Gasteiger partial charge in [0.2, 0.25) is 0 Å². The number of carbonyl (C=O) groups is 2. The predicted octanol–water partition coefficient (Wildman–Crippen LogP) is 6.95. The number of hydrogen-bond acceptors (Lipinski definition) is 4. The van der Waals surface area contributed by atoms with Gasteiger partial charge >= 0.3 is 12.4 Å². The maximum absolute atomic E-state index is 13.5. The first-order valence-corrected chi connectivity index (χ1v) is 14.2. The van der Waals surface area contributed by atoms with Gasteiger partial charge in [-0.3, -0.25) is 14.5 Å². The van der Waals surface area contributed by atoms with Gasteiger partial charge in [0.1, 0.15) is 11.6 Å². The summed E-state index contributed by atoms with van der Waals surface area (Å²) in [5.74, 6) is -1.95. The monoisotopic (exact) mass is 659 g/mol. The average Bonchev–Trinajstić information content (AvgIpc) is 2.96. The fraction of sp³-hybridized carbons (Fsp3) is 0.355. The second-order valence-corrected chi connectivity index (χ2v) is 11.2. The van der Waals surface area contributed by atoms with Gasteiger partial charge in [-0.2, -0.15) is 26.3 Å². The molecule has 1 N–H and O–H groups in total. The summed E-state index contributed by atoms with van der Waals surface area (Å²) in [5, 5.41) is 2.39. The van der Waals surface area contributed by atoms with Gasteiger partial charge in [-0.15, -0.1) is 0 Å². The van der Waals surface area contributed by atoms with Crippen LogP contribution in [0.5, 0.6) is 5.75 Å². The third-order valence-corrected chi connectivity index (χ3v) is 7.68. The first-order valence-electron chi connectivity index (χ1n) is 13.8. The molecule has 1 heterocycles. The van der Waals surface area contributed by atoms with Crippen molar-refractivity contribution < 1.29 is 45.1 Å². The highest BCUT2D eigenvalue weighted by Gasteiger charge is 2.39. The molecule has 1 fully saturated rings. The number of ether oxygens (including phenoxy) is 1. The van der Waals surface area contributed by atoms with Crippen LogP contribution in [0.15, 0.2) is 60.7 Å². The highest BCUT2D eigenvalue weighted by Crippen LogP contribution is 2.36. The van der Waals surface area contributed by atoms with Gasteiger partial charge in [-0.05, 0) is 67.9 Å². The molecule has 0 spiro atoms. The summed E-state index contributed by atoms with van der Waals surface area (Å²) in [5.41, 5.74) is -3.01. The largest absolute Gasteiger partial charge is 0.483 e. The van der Waals surface area contributed by atoms with E-state index in [4.69, 9.17) is 16.3 Å². The molecule has 6 nitrogen and oxygen atoms in total. The Labute approximate surface area is 259 Å². The number of nitrogens with zero attached hydrogens (tertiary/aromatic N) is 2. The summed E-state index contributed by atoms with van der Waals surface area (Å²) >= 11 is 6.06. The van der Waals surface area contributed by atoms with Crippen LogP contribution < -0.4 is 10.1 Å². The molecule has 14 heteroatoms. The Balaban J connectivity index is 1.41. The highest BCUT2D eigenvalue weighted by molar-refractivity contribution is 6.30. The molecule has 2 amide bonds. The molecule has 0 aliphatic carbocycles. The summed E-state index contributed by atoms with van der Waals surface area (Å²) < 4.78 is 98.9. The molecule has 242 valence electrons. The second kappa shape index (κ2) is 13.7. The van der Waals surface area contributed by atoms with Crippen LogP contribution in [-0.4, -0.2) is 53.4 Å². The molecule has 3 aromatic rings. The second-order valence-electron chi connectivity index (χ2n) is 10.8. The van der Waals surface area contributed by atoms with Gasteiger partial charge in [0.05, 0.1) is 16.7 Å². The first-order chi connectivity index (χ1) is 21.0. The minimum absolute atomic E-state index is 0.0195. The van der Waals surface area contributed by atoms with E-state index in [-0.39, 0.29) is 58.3 Å². The predicted molar refractivity (Wildman–Crippen MR) is 152 cm³/mol. The lowest BCUT2D eigenvalue weighted by Gasteiger charge is -2.44. The van der Waals surface area contributed by atoms with E-state index in [1.54, 1.807) is 17.0 Å². The lowest BCUT2D eigenvalue weighted by atomic mass is 10.0. The maximum Gasteiger partial charge on any atom is 0.417 e. The number of nitrogens with one attached hydrogen (secondary N) is 1. The minimum atomic E-state index is -5.08. The summed E-state index contributed by atoms with van der Waals surface area (Å²) in [6.45, 7) is 4.52. The number of rotatable bonds is 8. The van der Waals surface area contributed by atoms with Crippen LogP contribution in [-0.2, 0) is 30.2 Å². The zero-order valence-corrected chi connectivity index (χ0v) is 24.9. The van der Waals surface area contributed by atoms with Gasteiger partial charge in [-0.25, -0.2) is 4.39 Å². The number of halogens is 8. The van der Waals surface area contributed by atoms with Crippen LogP contribution in [0.25, 0.3) is 0 Å². The molecular formula is C31H29ClF7N3O3. The number of alkyl halides is 6. The summed E-state index contributed by atoms with van der Waals surface area (Å²) in [7, 11) is 0. The molecule has 2 unspecified atom stereocenters. The molecule has 2 atom stereocenters. The number of carbonyl (C=O) groups excluding carboxylic acids is 2. The van der Waals surface area contributed by atoms with E-state index in [9.17, 15) is 40.3 Å². The van der Waals surface area contributed by atoms with E-state index < -0.39 is 48.1 Å². The van der Waals surface area contributed by atoms with E-state index in [1.165, 1.54) is 30.3 Å². The molecule has 0 aromatic heterocycles. The van der Waals surface area contributed by atoms with Crippen LogP contribution in [0, 0.1) is 5.82 Å². The molecule has 1 aliphatic rings. The quantitative estimate of drug-likeness (QED) is 0.266. The molecule has 0 saturated carbocycles. The molecular weight excluding hydrogens is 631 g/mol. The topological polar surface area (TPSA) is 61.9 Å². The standard InChI is InChI=1S/C31H29ClF7N3O3/c1-18-15-42(19(2)14-41(18)16-20-3-7-24(33)8-4-20)28(43)17-45-27-10-6-23(32)11-21(27)13-40-29(44)25-12-22(30(34,35)36)5-9-26(25)31(37,38)39/h3-12,18-19H,13-17H2,1-2H3,(H,40,44). The third kappa shape index (κ3) is 8.66. The van der Waals surface area contributed by atoms with Crippen molar-refractivity contribution in [3.63, 3.8) is 0 Å². The smallest absolute Gasteiger partial charge is 0.417 e. The first kappa shape index (κ1) is 34.0. The van der Waals surface area contributed by atoms with Crippen molar-refractivity contribution in [2.45, 2.75) is 51.4 Å². The molecule has 0 radical (unpaired) electrons. The fourth-order valence-electron chi connectivity index (χ4n) is 5.07. The zero-order valence-electron chi connectivity index (χ0n) is 24.1. The third-order valence-electron chi connectivity index (χ3n) is 7.44. The van der Waals surface area contributed by atoms with E-state index >= 15 is 0 Å². The Bertz CT molecular complexity index is 1530. The Morgan fingerprint density at radius 1 is 0.911 bits per heavy atom. The van der Waals surface area contributed by atoms with Crippen molar-refractivity contribution in [3.05, 3.63) is 99.3 Å². The average molecular weight is 660 g/mol. The normalized spacial score (nSPS) is 17.7. The highest BCUT2D eigenvalue weighted by atomic mass is 35.5. The fourth-order valence-corrected chi connectivity index (χ4v) is 5.26. The van der Waals surface area contributed by atoms with Gasteiger partial charge < -0.3 is 15.0 Å². The van der Waals surface area contributed by atoms with Gasteiger partial charge in [0, 0.05) is 48.8 Å². The van der Waals surface area contributed by atoms with Crippen molar-refractivity contribution in [1.29, 1.82) is 0 Å². The minimum Gasteiger partial charge on any atom is -0.483 e. The Morgan fingerprint density at radius 3 is 2.24 bits per heavy atom. The Hall–Kier alpha value is -3.84. The molecule has 1 aliphatic heterocycles. The van der Waals surface area contributed by atoms with Crippen LogP contribution in [0.1, 0.15) is 46.5 Å².